The van der Waals surface area contributed by atoms with Crippen LogP contribution in [0.1, 0.15) is 25.1 Å². The molecule has 2 aromatic heterocycles. The van der Waals surface area contributed by atoms with Gasteiger partial charge in [-0.2, -0.15) is 5.10 Å². The summed E-state index contributed by atoms with van der Waals surface area (Å²) >= 11 is 0. The van der Waals surface area contributed by atoms with Crippen molar-refractivity contribution in [1.82, 2.24) is 19.7 Å². The van der Waals surface area contributed by atoms with Crippen LogP contribution < -0.4 is 5.73 Å². The quantitative estimate of drug-likeness (QED) is 0.832. The van der Waals surface area contributed by atoms with E-state index in [1.54, 1.807) is 24.1 Å². The second-order valence-corrected chi connectivity index (χ2v) is 6.38. The van der Waals surface area contributed by atoms with Crippen molar-refractivity contribution in [3.8, 4) is 23.6 Å². The van der Waals surface area contributed by atoms with Crippen LogP contribution in [-0.4, -0.2) is 38.6 Å². The minimum absolute atomic E-state index is 0.0752. The van der Waals surface area contributed by atoms with E-state index < -0.39 is 5.54 Å². The van der Waals surface area contributed by atoms with Crippen LogP contribution in [0.15, 0.2) is 29.5 Å². The van der Waals surface area contributed by atoms with Gasteiger partial charge in [-0.15, -0.1) is 6.42 Å². The van der Waals surface area contributed by atoms with Crippen LogP contribution in [0.5, 0.6) is 0 Å². The number of carbonyl (C=O) groups is 1. The number of hydrogen-bond acceptors (Lipinski definition) is 5. The average molecular weight is 336 g/mol. The van der Waals surface area contributed by atoms with Crippen LogP contribution >= 0.6 is 0 Å². The summed E-state index contributed by atoms with van der Waals surface area (Å²) in [4.78, 5) is 22.6. The van der Waals surface area contributed by atoms with Gasteiger partial charge < -0.3 is 5.73 Å². The molecule has 3 rings (SSSR count). The van der Waals surface area contributed by atoms with Gasteiger partial charge in [0.2, 0.25) is 5.91 Å². The van der Waals surface area contributed by atoms with Gasteiger partial charge in [0, 0.05) is 37.6 Å². The first-order valence-electron chi connectivity index (χ1n) is 7.87. The van der Waals surface area contributed by atoms with E-state index in [0.29, 0.717) is 5.56 Å². The Labute approximate surface area is 146 Å². The van der Waals surface area contributed by atoms with Gasteiger partial charge in [-0.25, -0.2) is 4.99 Å². The number of carbonyl (C=O) groups excluding carboxylic acids is 1. The first kappa shape index (κ1) is 16.7. The summed E-state index contributed by atoms with van der Waals surface area (Å²) in [6.45, 7) is 3.74. The topological polar surface area (TPSA) is 89.4 Å². The normalized spacial score (nSPS) is 23.3. The van der Waals surface area contributed by atoms with E-state index in [-0.39, 0.29) is 17.8 Å². The number of guanidine groups is 1. The number of nitrogens with two attached hydrogens (primary N) is 1. The standard InChI is InChI=1S/C18H20N6O/c1-6-12-7-13(10-20-9-12)14-8-15(24(5)22-14)18(3)11(2)16(25)23(4)17(19)21-18/h1,7-11H,2-5H3,(H2,19,21)/t11?,18-/m0/s1. The Bertz CT molecular complexity index is 922. The fraction of sp³-hybridized carbons (Fsp3) is 0.333. The number of pyridine rings is 1. The molecular formula is C18H20N6O. The molecule has 1 unspecified atom stereocenters. The molecule has 3 heterocycles. The number of rotatable bonds is 2. The minimum Gasteiger partial charge on any atom is -0.369 e. The van der Waals surface area contributed by atoms with E-state index in [0.717, 1.165) is 17.0 Å². The van der Waals surface area contributed by atoms with E-state index in [2.05, 4.69) is 21.0 Å². The highest BCUT2D eigenvalue weighted by atomic mass is 16.2. The van der Waals surface area contributed by atoms with E-state index in [4.69, 9.17) is 12.2 Å². The molecule has 128 valence electrons. The van der Waals surface area contributed by atoms with Gasteiger partial charge in [0.15, 0.2) is 5.96 Å². The summed E-state index contributed by atoms with van der Waals surface area (Å²) < 4.78 is 1.73. The number of hydrogen-bond donors (Lipinski definition) is 1. The Morgan fingerprint density at radius 1 is 1.32 bits per heavy atom. The summed E-state index contributed by atoms with van der Waals surface area (Å²) in [5.41, 5.74) is 8.15. The molecule has 7 nitrogen and oxygen atoms in total. The summed E-state index contributed by atoms with van der Waals surface area (Å²) in [6, 6.07) is 3.76. The number of aryl methyl sites for hydroxylation is 1. The SMILES string of the molecule is C#Cc1cncc(-c2cc([C@@]3(C)N=C(N)N(C)C(=O)C3C)n(C)n2)c1. The summed E-state index contributed by atoms with van der Waals surface area (Å²) in [5.74, 6) is 2.32. The van der Waals surface area contributed by atoms with Gasteiger partial charge in [-0.3, -0.25) is 19.4 Å². The molecule has 0 bridgehead atoms. The van der Waals surface area contributed by atoms with Crippen LogP contribution in [0.3, 0.4) is 0 Å². The number of aliphatic imine (C=N–C) groups is 1. The molecule has 0 radical (unpaired) electrons. The minimum atomic E-state index is -0.801. The summed E-state index contributed by atoms with van der Waals surface area (Å²) in [6.07, 6.45) is 8.77. The largest absolute Gasteiger partial charge is 0.369 e. The van der Waals surface area contributed by atoms with Crippen LogP contribution in [-0.2, 0) is 17.4 Å². The monoisotopic (exact) mass is 336 g/mol. The molecule has 25 heavy (non-hydrogen) atoms. The highest BCUT2D eigenvalue weighted by Crippen LogP contribution is 2.38. The van der Waals surface area contributed by atoms with Gasteiger partial charge in [-0.05, 0) is 19.1 Å². The zero-order chi connectivity index (χ0) is 18.4. The van der Waals surface area contributed by atoms with Crippen LogP contribution in [0.4, 0.5) is 0 Å². The molecule has 0 aliphatic carbocycles. The maximum absolute atomic E-state index is 12.5. The fourth-order valence-electron chi connectivity index (χ4n) is 3.07. The molecule has 0 saturated carbocycles. The van der Waals surface area contributed by atoms with Gasteiger partial charge in [0.05, 0.1) is 17.3 Å². The van der Waals surface area contributed by atoms with Crippen LogP contribution in [0.25, 0.3) is 11.3 Å². The molecule has 0 saturated heterocycles. The summed E-state index contributed by atoms with van der Waals surface area (Å²) in [5, 5.41) is 4.55. The van der Waals surface area contributed by atoms with Crippen molar-refractivity contribution in [3.63, 3.8) is 0 Å². The first-order valence-corrected chi connectivity index (χ1v) is 7.87. The predicted molar refractivity (Wildman–Crippen MR) is 95.3 cm³/mol. The van der Waals surface area contributed by atoms with Gasteiger partial charge in [0.1, 0.15) is 5.54 Å². The molecule has 2 N–H and O–H groups in total. The molecule has 1 amide bonds. The third-order valence-corrected chi connectivity index (χ3v) is 4.83. The molecule has 2 atom stereocenters. The lowest BCUT2D eigenvalue weighted by Crippen LogP contribution is -2.53. The number of amides is 1. The maximum atomic E-state index is 12.5. The number of aromatic nitrogens is 3. The first-order chi connectivity index (χ1) is 11.8. The smallest absolute Gasteiger partial charge is 0.234 e. The van der Waals surface area contributed by atoms with E-state index in [1.807, 2.05) is 33.0 Å². The third kappa shape index (κ3) is 2.56. The van der Waals surface area contributed by atoms with Gasteiger partial charge in [0.25, 0.3) is 0 Å². The van der Waals surface area contributed by atoms with Crippen molar-refractivity contribution in [2.45, 2.75) is 19.4 Å². The highest BCUT2D eigenvalue weighted by molar-refractivity contribution is 5.99. The molecule has 1 aliphatic rings. The van der Waals surface area contributed by atoms with Crippen molar-refractivity contribution in [1.29, 1.82) is 0 Å². The Hall–Kier alpha value is -3.14. The molecule has 7 heteroatoms. The predicted octanol–water partition coefficient (Wildman–Crippen LogP) is 1.10. The summed E-state index contributed by atoms with van der Waals surface area (Å²) in [7, 11) is 3.45. The Kier molecular flexibility index (Phi) is 3.84. The Balaban J connectivity index is 2.11. The number of terminal acetylenes is 1. The van der Waals surface area contributed by atoms with Crippen molar-refractivity contribution in [2.75, 3.05) is 7.05 Å². The lowest BCUT2D eigenvalue weighted by molar-refractivity contribution is -0.133. The molecule has 0 spiro atoms. The second-order valence-electron chi connectivity index (χ2n) is 6.38. The van der Waals surface area contributed by atoms with Crippen molar-refractivity contribution in [3.05, 3.63) is 35.8 Å². The third-order valence-electron chi connectivity index (χ3n) is 4.83. The maximum Gasteiger partial charge on any atom is 0.234 e. The van der Waals surface area contributed by atoms with Crippen molar-refractivity contribution in [2.24, 2.45) is 23.7 Å². The van der Waals surface area contributed by atoms with E-state index >= 15 is 0 Å². The van der Waals surface area contributed by atoms with E-state index in [9.17, 15) is 4.79 Å². The average Bonchev–Trinajstić information content (AvgIpc) is 3.01. The second kappa shape index (κ2) is 5.74. The fourth-order valence-corrected chi connectivity index (χ4v) is 3.07. The molecule has 2 aromatic rings. The van der Waals surface area contributed by atoms with Crippen molar-refractivity contribution < 1.29 is 4.79 Å². The molecule has 0 fully saturated rings. The highest BCUT2D eigenvalue weighted by Gasteiger charge is 2.45. The Morgan fingerprint density at radius 3 is 2.72 bits per heavy atom. The van der Waals surface area contributed by atoms with E-state index in [1.165, 1.54) is 4.90 Å². The molecule has 0 aromatic carbocycles. The molecular weight excluding hydrogens is 316 g/mol. The van der Waals surface area contributed by atoms with Crippen LogP contribution in [0.2, 0.25) is 0 Å². The Morgan fingerprint density at radius 2 is 2.04 bits per heavy atom. The zero-order valence-corrected chi connectivity index (χ0v) is 14.7. The number of nitrogens with zero attached hydrogens (tertiary/aromatic N) is 5. The van der Waals surface area contributed by atoms with Crippen LogP contribution in [0, 0.1) is 18.3 Å². The van der Waals surface area contributed by atoms with Gasteiger partial charge >= 0.3 is 0 Å². The lowest BCUT2D eigenvalue weighted by atomic mass is 9.82. The lowest BCUT2D eigenvalue weighted by Gasteiger charge is -2.38. The van der Waals surface area contributed by atoms with Crippen molar-refractivity contribution >= 4 is 11.9 Å². The molecule has 1 aliphatic heterocycles. The zero-order valence-electron chi connectivity index (χ0n) is 14.7. The van der Waals surface area contributed by atoms with Gasteiger partial charge in [-0.1, -0.05) is 12.8 Å².